The van der Waals surface area contributed by atoms with E-state index in [9.17, 15) is 12.8 Å². The van der Waals surface area contributed by atoms with Crippen LogP contribution in [0.5, 0.6) is 0 Å². The van der Waals surface area contributed by atoms with Crippen LogP contribution in [-0.2, 0) is 21.2 Å². The number of hydrogen-bond donors (Lipinski definition) is 1. The molecule has 1 N–H and O–H groups in total. The van der Waals surface area contributed by atoms with Crippen LogP contribution in [0, 0.1) is 5.95 Å². The molecule has 2 aromatic rings. The van der Waals surface area contributed by atoms with Crippen molar-refractivity contribution in [2.45, 2.75) is 63.6 Å². The van der Waals surface area contributed by atoms with Crippen LogP contribution in [-0.4, -0.2) is 66.3 Å². The maximum Gasteiger partial charge on any atom is 0.227 e. The molecule has 176 valence electrons. The van der Waals surface area contributed by atoms with Gasteiger partial charge in [0.05, 0.1) is 30.7 Å². The number of ether oxygens (including phenoxy) is 1. The Morgan fingerprint density at radius 2 is 2.03 bits per heavy atom. The zero-order valence-electron chi connectivity index (χ0n) is 18.7. The summed E-state index contributed by atoms with van der Waals surface area (Å²) in [6.45, 7) is 5.92. The van der Waals surface area contributed by atoms with Gasteiger partial charge in [0.2, 0.25) is 21.9 Å². The third-order valence-corrected chi connectivity index (χ3v) is 6.85. The summed E-state index contributed by atoms with van der Waals surface area (Å²) in [6.07, 6.45) is 5.65. The first-order valence-corrected chi connectivity index (χ1v) is 13.0. The molecule has 0 aliphatic carbocycles. The number of aromatic nitrogens is 4. The number of sulfonamides is 1. The SMILES string of the molecule is CC(C)c1cc2n(n1)[C@@H](COC1CCN(c3nccc(F)n3)CC1)[C@@H](NS(C)(=O)=O)CC2. The maximum absolute atomic E-state index is 13.4. The third kappa shape index (κ3) is 5.44. The Hall–Kier alpha value is -2.11. The van der Waals surface area contributed by atoms with Gasteiger partial charge in [0.1, 0.15) is 0 Å². The van der Waals surface area contributed by atoms with E-state index < -0.39 is 16.0 Å². The van der Waals surface area contributed by atoms with Crippen LogP contribution < -0.4 is 9.62 Å². The Bertz CT molecular complexity index is 1040. The fourth-order valence-corrected chi connectivity index (χ4v) is 5.24. The number of halogens is 1. The summed E-state index contributed by atoms with van der Waals surface area (Å²) in [6, 6.07) is 2.88. The first-order valence-electron chi connectivity index (χ1n) is 11.1. The molecule has 0 bridgehead atoms. The lowest BCUT2D eigenvalue weighted by Gasteiger charge is -2.36. The molecule has 9 nitrogen and oxygen atoms in total. The number of aryl methyl sites for hydroxylation is 1. The molecule has 0 aromatic carbocycles. The van der Waals surface area contributed by atoms with E-state index >= 15 is 0 Å². The van der Waals surface area contributed by atoms with E-state index in [1.165, 1.54) is 18.5 Å². The predicted octanol–water partition coefficient (Wildman–Crippen LogP) is 2.03. The second-order valence-corrected chi connectivity index (χ2v) is 10.7. The monoisotopic (exact) mass is 466 g/mol. The van der Waals surface area contributed by atoms with E-state index in [4.69, 9.17) is 9.84 Å². The molecule has 0 unspecified atom stereocenters. The lowest BCUT2D eigenvalue weighted by atomic mass is 9.98. The Morgan fingerprint density at radius 3 is 2.69 bits per heavy atom. The lowest BCUT2D eigenvalue weighted by Crippen LogP contribution is -2.47. The minimum atomic E-state index is -3.35. The fraction of sp³-hybridized carbons (Fsp3) is 0.667. The minimum absolute atomic E-state index is 0.0317. The Labute approximate surface area is 188 Å². The van der Waals surface area contributed by atoms with Crippen LogP contribution in [0.25, 0.3) is 0 Å². The van der Waals surface area contributed by atoms with Crippen molar-refractivity contribution in [3.05, 3.63) is 35.7 Å². The van der Waals surface area contributed by atoms with Gasteiger partial charge < -0.3 is 9.64 Å². The van der Waals surface area contributed by atoms with E-state index in [1.54, 1.807) is 0 Å². The zero-order valence-corrected chi connectivity index (χ0v) is 19.6. The second-order valence-electron chi connectivity index (χ2n) is 8.96. The van der Waals surface area contributed by atoms with Crippen LogP contribution in [0.2, 0.25) is 0 Å². The number of piperidine rings is 1. The number of fused-ring (bicyclic) bond motifs is 1. The summed E-state index contributed by atoms with van der Waals surface area (Å²) in [7, 11) is -3.35. The molecule has 2 aliphatic rings. The molecule has 0 spiro atoms. The van der Waals surface area contributed by atoms with Gasteiger partial charge in [-0.3, -0.25) is 4.68 Å². The Balaban J connectivity index is 1.42. The number of nitrogens with one attached hydrogen (secondary N) is 1. The van der Waals surface area contributed by atoms with Crippen molar-refractivity contribution in [3.63, 3.8) is 0 Å². The van der Waals surface area contributed by atoms with Crippen molar-refractivity contribution >= 4 is 16.0 Å². The van der Waals surface area contributed by atoms with E-state index in [1.807, 2.05) is 9.58 Å². The molecule has 0 amide bonds. The Kier molecular flexibility index (Phi) is 6.78. The summed E-state index contributed by atoms with van der Waals surface area (Å²) in [5.41, 5.74) is 2.13. The van der Waals surface area contributed by atoms with Gasteiger partial charge in [-0.05, 0) is 37.7 Å². The summed E-state index contributed by atoms with van der Waals surface area (Å²) in [4.78, 5) is 9.96. The number of hydrogen-bond acceptors (Lipinski definition) is 7. The van der Waals surface area contributed by atoms with Crippen molar-refractivity contribution in [2.75, 3.05) is 30.9 Å². The van der Waals surface area contributed by atoms with Crippen molar-refractivity contribution in [3.8, 4) is 0 Å². The highest BCUT2D eigenvalue weighted by molar-refractivity contribution is 7.88. The Morgan fingerprint density at radius 1 is 1.28 bits per heavy atom. The van der Waals surface area contributed by atoms with Crippen LogP contribution in [0.3, 0.4) is 0 Å². The topological polar surface area (TPSA) is 102 Å². The molecule has 4 heterocycles. The molecule has 2 aliphatic heterocycles. The maximum atomic E-state index is 13.4. The third-order valence-electron chi connectivity index (χ3n) is 6.12. The summed E-state index contributed by atoms with van der Waals surface area (Å²) in [5.74, 6) is 0.159. The molecule has 32 heavy (non-hydrogen) atoms. The molecule has 11 heteroatoms. The van der Waals surface area contributed by atoms with Crippen LogP contribution >= 0.6 is 0 Å². The van der Waals surface area contributed by atoms with Crippen molar-refractivity contribution < 1.29 is 17.5 Å². The molecule has 2 atom stereocenters. The van der Waals surface area contributed by atoms with Crippen LogP contribution in [0.15, 0.2) is 18.3 Å². The quantitative estimate of drug-likeness (QED) is 0.623. The van der Waals surface area contributed by atoms with Gasteiger partial charge in [0.25, 0.3) is 0 Å². The number of anilines is 1. The highest BCUT2D eigenvalue weighted by Crippen LogP contribution is 2.29. The van der Waals surface area contributed by atoms with Crippen molar-refractivity contribution in [1.29, 1.82) is 0 Å². The van der Waals surface area contributed by atoms with E-state index in [0.29, 0.717) is 38.0 Å². The summed E-state index contributed by atoms with van der Waals surface area (Å²) >= 11 is 0. The van der Waals surface area contributed by atoms with Crippen LogP contribution in [0.1, 0.15) is 56.5 Å². The number of rotatable bonds is 7. The standard InChI is InChI=1S/C21H31FN6O3S/c1-14(2)18-12-15-4-5-17(26-32(3,29)30)19(28(15)25-18)13-31-16-7-10-27(11-8-16)21-23-9-6-20(22)24-21/h6,9,12,14,16-17,19,26H,4-5,7-8,10-11,13H2,1-3H3/t17-,19-/m0/s1. The lowest BCUT2D eigenvalue weighted by molar-refractivity contribution is 0.00596. The second kappa shape index (κ2) is 9.40. The average Bonchev–Trinajstić information content (AvgIpc) is 3.17. The van der Waals surface area contributed by atoms with Gasteiger partial charge >= 0.3 is 0 Å². The normalized spacial score (nSPS) is 22.3. The van der Waals surface area contributed by atoms with Gasteiger partial charge in [-0.15, -0.1) is 0 Å². The zero-order chi connectivity index (χ0) is 22.9. The van der Waals surface area contributed by atoms with Crippen molar-refractivity contribution in [1.82, 2.24) is 24.5 Å². The van der Waals surface area contributed by atoms with Crippen LogP contribution in [0.4, 0.5) is 10.3 Å². The molecule has 4 rings (SSSR count). The van der Waals surface area contributed by atoms with Gasteiger partial charge in [-0.2, -0.15) is 14.5 Å². The fourth-order valence-electron chi connectivity index (χ4n) is 4.41. The molecule has 0 radical (unpaired) electrons. The van der Waals surface area contributed by atoms with Gasteiger partial charge in [0, 0.05) is 37.1 Å². The molecule has 2 aromatic heterocycles. The molecular weight excluding hydrogens is 435 g/mol. The predicted molar refractivity (Wildman–Crippen MR) is 119 cm³/mol. The number of nitrogens with zero attached hydrogens (tertiary/aromatic N) is 5. The first kappa shape index (κ1) is 23.1. The van der Waals surface area contributed by atoms with Gasteiger partial charge in [0.15, 0.2) is 0 Å². The molecule has 1 saturated heterocycles. The van der Waals surface area contributed by atoms with E-state index in [-0.39, 0.29) is 18.2 Å². The molecular formula is C21H31FN6O3S. The summed E-state index contributed by atoms with van der Waals surface area (Å²) in [5, 5.41) is 4.78. The largest absolute Gasteiger partial charge is 0.376 e. The van der Waals surface area contributed by atoms with Gasteiger partial charge in [-0.1, -0.05) is 13.8 Å². The minimum Gasteiger partial charge on any atom is -0.376 e. The highest BCUT2D eigenvalue weighted by Gasteiger charge is 2.34. The van der Waals surface area contributed by atoms with E-state index in [0.717, 1.165) is 30.7 Å². The van der Waals surface area contributed by atoms with E-state index in [2.05, 4.69) is 34.6 Å². The molecule has 0 saturated carbocycles. The van der Waals surface area contributed by atoms with Gasteiger partial charge in [-0.25, -0.2) is 18.1 Å². The van der Waals surface area contributed by atoms with Crippen molar-refractivity contribution in [2.24, 2.45) is 0 Å². The average molecular weight is 467 g/mol. The first-order chi connectivity index (χ1) is 15.2. The smallest absolute Gasteiger partial charge is 0.227 e. The molecule has 1 fully saturated rings. The highest BCUT2D eigenvalue weighted by atomic mass is 32.2. The summed E-state index contributed by atoms with van der Waals surface area (Å²) < 4.78 is 48.3.